The van der Waals surface area contributed by atoms with Crippen LogP contribution in [0.2, 0.25) is 0 Å². The zero-order valence-corrected chi connectivity index (χ0v) is 11.1. The summed E-state index contributed by atoms with van der Waals surface area (Å²) in [6, 6.07) is 6.23. The van der Waals surface area contributed by atoms with Gasteiger partial charge in [0.05, 0.1) is 6.04 Å². The van der Waals surface area contributed by atoms with Crippen molar-refractivity contribution in [2.75, 3.05) is 6.54 Å². The lowest BCUT2D eigenvalue weighted by atomic mass is 10.0. The molecule has 94 valence electrons. The van der Waals surface area contributed by atoms with Crippen LogP contribution in [0.1, 0.15) is 43.0 Å². The average Bonchev–Trinajstić information content (AvgIpc) is 2.26. The van der Waals surface area contributed by atoms with Gasteiger partial charge in [0, 0.05) is 6.54 Å². The third-order valence-corrected chi connectivity index (χ3v) is 2.77. The number of nitrogens with one attached hydrogen (secondary N) is 2. The molecule has 0 unspecified atom stereocenters. The maximum atomic E-state index is 11.5. The van der Waals surface area contributed by atoms with Gasteiger partial charge in [0.1, 0.15) is 0 Å². The van der Waals surface area contributed by atoms with Gasteiger partial charge in [-0.15, -0.1) is 0 Å². The van der Waals surface area contributed by atoms with Crippen molar-refractivity contribution >= 4 is 6.03 Å². The molecule has 0 aliphatic carbocycles. The lowest BCUT2D eigenvalue weighted by Gasteiger charge is -2.17. The van der Waals surface area contributed by atoms with E-state index < -0.39 is 0 Å². The molecule has 0 aliphatic heterocycles. The molecule has 3 nitrogen and oxygen atoms in total. The summed E-state index contributed by atoms with van der Waals surface area (Å²) in [4.78, 5) is 11.5. The van der Waals surface area contributed by atoms with Crippen LogP contribution < -0.4 is 10.6 Å². The first kappa shape index (κ1) is 13.6. The minimum Gasteiger partial charge on any atom is -0.338 e. The fourth-order valence-corrected chi connectivity index (χ4v) is 1.88. The first-order valence-electron chi connectivity index (χ1n) is 6.16. The predicted molar refractivity (Wildman–Crippen MR) is 71.2 cm³/mol. The van der Waals surface area contributed by atoms with Crippen LogP contribution in [0, 0.1) is 13.8 Å². The Hall–Kier alpha value is -1.51. The van der Waals surface area contributed by atoms with Crippen molar-refractivity contribution < 1.29 is 4.79 Å². The van der Waals surface area contributed by atoms with Gasteiger partial charge in [-0.25, -0.2) is 4.79 Å². The maximum Gasteiger partial charge on any atom is 0.315 e. The van der Waals surface area contributed by atoms with E-state index in [1.807, 2.05) is 13.8 Å². The molecule has 0 aliphatic rings. The number of urea groups is 1. The van der Waals surface area contributed by atoms with Crippen molar-refractivity contribution in [2.45, 2.75) is 40.2 Å². The molecular formula is C14H22N2O. The molecule has 0 aromatic heterocycles. The number of amides is 2. The monoisotopic (exact) mass is 234 g/mol. The van der Waals surface area contributed by atoms with Crippen LogP contribution in [0.25, 0.3) is 0 Å². The summed E-state index contributed by atoms with van der Waals surface area (Å²) in [7, 11) is 0. The standard InChI is InChI=1S/C14H22N2O/c1-5-8-15-14(17)16-12(4)13-7-6-10(2)9-11(13)3/h6-7,9,12H,5,8H2,1-4H3,(H2,15,16,17)/t12-/m1/s1. The lowest BCUT2D eigenvalue weighted by Crippen LogP contribution is -2.37. The minimum atomic E-state index is -0.0978. The highest BCUT2D eigenvalue weighted by molar-refractivity contribution is 5.74. The van der Waals surface area contributed by atoms with Crippen molar-refractivity contribution in [3.8, 4) is 0 Å². The van der Waals surface area contributed by atoms with Gasteiger partial charge in [0.2, 0.25) is 0 Å². The van der Waals surface area contributed by atoms with Gasteiger partial charge >= 0.3 is 6.03 Å². The van der Waals surface area contributed by atoms with Crippen LogP contribution in [-0.4, -0.2) is 12.6 Å². The molecule has 1 atom stereocenters. The number of rotatable bonds is 4. The Bertz CT molecular complexity index is 388. The lowest BCUT2D eigenvalue weighted by molar-refractivity contribution is 0.238. The van der Waals surface area contributed by atoms with Crippen molar-refractivity contribution in [1.82, 2.24) is 10.6 Å². The van der Waals surface area contributed by atoms with Gasteiger partial charge in [-0.3, -0.25) is 0 Å². The normalized spacial score (nSPS) is 12.0. The van der Waals surface area contributed by atoms with Gasteiger partial charge in [0.15, 0.2) is 0 Å². The number of hydrogen-bond acceptors (Lipinski definition) is 1. The zero-order chi connectivity index (χ0) is 12.8. The quantitative estimate of drug-likeness (QED) is 0.826. The van der Waals surface area contributed by atoms with Gasteiger partial charge in [0.25, 0.3) is 0 Å². The Morgan fingerprint density at radius 1 is 1.35 bits per heavy atom. The van der Waals surface area contributed by atoms with E-state index in [9.17, 15) is 4.79 Å². The van der Waals surface area contributed by atoms with Crippen LogP contribution >= 0.6 is 0 Å². The van der Waals surface area contributed by atoms with Crippen LogP contribution in [0.3, 0.4) is 0 Å². The fraction of sp³-hybridized carbons (Fsp3) is 0.500. The topological polar surface area (TPSA) is 41.1 Å². The Morgan fingerprint density at radius 2 is 2.06 bits per heavy atom. The van der Waals surface area contributed by atoms with E-state index in [4.69, 9.17) is 0 Å². The summed E-state index contributed by atoms with van der Waals surface area (Å²) < 4.78 is 0. The van der Waals surface area contributed by atoms with Gasteiger partial charge in [-0.1, -0.05) is 30.7 Å². The largest absolute Gasteiger partial charge is 0.338 e. The van der Waals surface area contributed by atoms with Crippen molar-refractivity contribution in [3.05, 3.63) is 34.9 Å². The smallest absolute Gasteiger partial charge is 0.315 e. The molecule has 0 saturated carbocycles. The van der Waals surface area contributed by atoms with Crippen LogP contribution in [-0.2, 0) is 0 Å². The van der Waals surface area contributed by atoms with Crippen molar-refractivity contribution in [1.29, 1.82) is 0 Å². The molecule has 0 fully saturated rings. The number of carbonyl (C=O) groups excluding carboxylic acids is 1. The molecule has 1 aromatic rings. The Labute approximate surface area is 104 Å². The fourth-order valence-electron chi connectivity index (χ4n) is 1.88. The molecule has 2 N–H and O–H groups in total. The minimum absolute atomic E-state index is 0.0347. The number of carbonyl (C=O) groups is 1. The van der Waals surface area contributed by atoms with Crippen LogP contribution in [0.15, 0.2) is 18.2 Å². The molecule has 17 heavy (non-hydrogen) atoms. The Balaban J connectivity index is 2.63. The third-order valence-electron chi connectivity index (χ3n) is 2.77. The van der Waals surface area contributed by atoms with Crippen molar-refractivity contribution in [3.63, 3.8) is 0 Å². The molecule has 1 rings (SSSR count). The number of hydrogen-bond donors (Lipinski definition) is 2. The summed E-state index contributed by atoms with van der Waals surface area (Å²) in [6.07, 6.45) is 0.950. The number of benzene rings is 1. The third kappa shape index (κ3) is 4.10. The highest BCUT2D eigenvalue weighted by atomic mass is 16.2. The summed E-state index contributed by atoms with van der Waals surface area (Å²) in [6.45, 7) is 8.90. The second kappa shape index (κ2) is 6.28. The molecule has 1 aromatic carbocycles. The number of aryl methyl sites for hydroxylation is 2. The molecule has 0 heterocycles. The SMILES string of the molecule is CCCNC(=O)N[C@H](C)c1ccc(C)cc1C. The van der Waals surface area contributed by atoms with E-state index in [0.29, 0.717) is 6.54 Å². The van der Waals surface area contributed by atoms with Crippen molar-refractivity contribution in [2.24, 2.45) is 0 Å². The highest BCUT2D eigenvalue weighted by Crippen LogP contribution is 2.18. The Kier molecular flexibility index (Phi) is 5.01. The summed E-state index contributed by atoms with van der Waals surface area (Å²) in [5, 5.41) is 5.76. The zero-order valence-electron chi connectivity index (χ0n) is 11.1. The van der Waals surface area contributed by atoms with E-state index >= 15 is 0 Å². The van der Waals surface area contributed by atoms with Gasteiger partial charge in [-0.2, -0.15) is 0 Å². The molecular weight excluding hydrogens is 212 g/mol. The summed E-state index contributed by atoms with van der Waals surface area (Å²) in [5.74, 6) is 0. The molecule has 0 bridgehead atoms. The average molecular weight is 234 g/mol. The maximum absolute atomic E-state index is 11.5. The van der Waals surface area contributed by atoms with E-state index in [2.05, 4.69) is 42.7 Å². The molecule has 2 amide bonds. The molecule has 0 radical (unpaired) electrons. The second-order valence-corrected chi connectivity index (χ2v) is 4.48. The van der Waals surface area contributed by atoms with Gasteiger partial charge in [-0.05, 0) is 38.3 Å². The van der Waals surface area contributed by atoms with Gasteiger partial charge < -0.3 is 10.6 Å². The van der Waals surface area contributed by atoms with E-state index in [0.717, 1.165) is 6.42 Å². The predicted octanol–water partition coefficient (Wildman–Crippen LogP) is 3.07. The van der Waals surface area contributed by atoms with Crippen LogP contribution in [0.4, 0.5) is 4.79 Å². The summed E-state index contributed by atoms with van der Waals surface area (Å²) >= 11 is 0. The summed E-state index contributed by atoms with van der Waals surface area (Å²) in [5.41, 5.74) is 3.63. The Morgan fingerprint density at radius 3 is 2.65 bits per heavy atom. The first-order valence-corrected chi connectivity index (χ1v) is 6.16. The second-order valence-electron chi connectivity index (χ2n) is 4.48. The van der Waals surface area contributed by atoms with Crippen LogP contribution in [0.5, 0.6) is 0 Å². The molecule has 3 heteroatoms. The van der Waals surface area contributed by atoms with E-state index in [1.165, 1.54) is 16.7 Å². The molecule has 0 spiro atoms. The van der Waals surface area contributed by atoms with E-state index in [-0.39, 0.29) is 12.1 Å². The molecule has 0 saturated heterocycles. The van der Waals surface area contributed by atoms with E-state index in [1.54, 1.807) is 0 Å². The first-order chi connectivity index (χ1) is 8.04. The highest BCUT2D eigenvalue weighted by Gasteiger charge is 2.10.